The minimum absolute atomic E-state index is 0.278. The standard InChI is InChI=1S/C21H23NO4S/c1-6-25-20(23)12-15(14(2)3)11-18(26-21(24)22(4)5)17-13-27-19-10-8-7-9-16(17)19/h7-13H,2,6H2,1,3-5H3/b15-12+,18-11-. The maximum absolute atomic E-state index is 12.2. The molecule has 1 aromatic carbocycles. The molecule has 5 nitrogen and oxygen atoms in total. The van der Waals surface area contributed by atoms with E-state index < -0.39 is 12.1 Å². The number of esters is 1. The second kappa shape index (κ2) is 9.19. The third-order valence-corrected chi connectivity index (χ3v) is 4.61. The molecule has 27 heavy (non-hydrogen) atoms. The number of nitrogens with zero attached hydrogens (tertiary/aromatic N) is 1. The molecule has 0 saturated carbocycles. The summed E-state index contributed by atoms with van der Waals surface area (Å²) in [6.07, 6.45) is 2.49. The summed E-state index contributed by atoms with van der Waals surface area (Å²) in [5, 5.41) is 2.90. The number of fused-ring (bicyclic) bond motifs is 1. The van der Waals surface area contributed by atoms with Gasteiger partial charge in [0, 0.05) is 41.2 Å². The second-order valence-corrected chi connectivity index (χ2v) is 6.96. The fourth-order valence-corrected chi connectivity index (χ4v) is 3.21. The third-order valence-electron chi connectivity index (χ3n) is 3.65. The van der Waals surface area contributed by atoms with Crippen LogP contribution < -0.4 is 0 Å². The lowest BCUT2D eigenvalue weighted by atomic mass is 10.0. The van der Waals surface area contributed by atoms with Gasteiger partial charge in [0.2, 0.25) is 0 Å². The van der Waals surface area contributed by atoms with Crippen molar-refractivity contribution in [1.29, 1.82) is 0 Å². The van der Waals surface area contributed by atoms with Crippen molar-refractivity contribution in [1.82, 2.24) is 4.90 Å². The number of carbonyl (C=O) groups is 2. The lowest BCUT2D eigenvalue weighted by molar-refractivity contribution is -0.137. The summed E-state index contributed by atoms with van der Waals surface area (Å²) in [7, 11) is 3.22. The third kappa shape index (κ3) is 5.31. The number of carbonyl (C=O) groups excluding carboxylic acids is 2. The first-order valence-electron chi connectivity index (χ1n) is 8.45. The number of allylic oxidation sites excluding steroid dienone is 3. The first-order valence-corrected chi connectivity index (χ1v) is 9.33. The van der Waals surface area contributed by atoms with Gasteiger partial charge in [-0.05, 0) is 31.6 Å². The Labute approximate surface area is 163 Å². The predicted octanol–water partition coefficient (Wildman–Crippen LogP) is 5.01. The van der Waals surface area contributed by atoms with Crippen molar-refractivity contribution in [3.8, 4) is 0 Å². The number of thiophene rings is 1. The van der Waals surface area contributed by atoms with Crippen LogP contribution >= 0.6 is 11.3 Å². The molecular weight excluding hydrogens is 362 g/mol. The van der Waals surface area contributed by atoms with E-state index in [0.29, 0.717) is 16.9 Å². The zero-order valence-corrected chi connectivity index (χ0v) is 16.8. The average molecular weight is 385 g/mol. The largest absolute Gasteiger partial charge is 0.463 e. The van der Waals surface area contributed by atoms with Crippen molar-refractivity contribution in [2.75, 3.05) is 20.7 Å². The second-order valence-electron chi connectivity index (χ2n) is 6.05. The first kappa shape index (κ1) is 20.5. The fourth-order valence-electron chi connectivity index (χ4n) is 2.26. The highest BCUT2D eigenvalue weighted by atomic mass is 32.1. The minimum Gasteiger partial charge on any atom is -0.463 e. The Hall–Kier alpha value is -2.86. The van der Waals surface area contributed by atoms with Crippen LogP contribution in [0, 0.1) is 0 Å². The zero-order valence-electron chi connectivity index (χ0n) is 15.9. The normalized spacial score (nSPS) is 12.0. The van der Waals surface area contributed by atoms with E-state index in [1.165, 1.54) is 11.0 Å². The molecule has 6 heteroatoms. The lowest BCUT2D eigenvalue weighted by Gasteiger charge is -2.14. The number of amides is 1. The summed E-state index contributed by atoms with van der Waals surface area (Å²) in [5.74, 6) is -0.120. The smallest absolute Gasteiger partial charge is 0.414 e. The van der Waals surface area contributed by atoms with E-state index in [4.69, 9.17) is 9.47 Å². The molecule has 0 fully saturated rings. The Bertz CT molecular complexity index is 921. The number of hydrogen-bond acceptors (Lipinski definition) is 5. The molecule has 0 unspecified atom stereocenters. The monoisotopic (exact) mass is 385 g/mol. The fraction of sp³-hybridized carbons (Fsp3) is 0.238. The van der Waals surface area contributed by atoms with Gasteiger partial charge < -0.3 is 14.4 Å². The van der Waals surface area contributed by atoms with Crippen LogP contribution in [0.2, 0.25) is 0 Å². The summed E-state index contributed by atoms with van der Waals surface area (Å²) >= 11 is 1.56. The van der Waals surface area contributed by atoms with E-state index in [1.54, 1.807) is 45.4 Å². The van der Waals surface area contributed by atoms with Gasteiger partial charge in [-0.2, -0.15) is 0 Å². The maximum atomic E-state index is 12.2. The van der Waals surface area contributed by atoms with Gasteiger partial charge in [0.15, 0.2) is 0 Å². The van der Waals surface area contributed by atoms with Crippen LogP contribution in [0.4, 0.5) is 4.79 Å². The predicted molar refractivity (Wildman–Crippen MR) is 110 cm³/mol. The molecule has 0 aliphatic carbocycles. The molecule has 0 radical (unpaired) electrons. The SMILES string of the molecule is C=C(C)C(/C=C(\OC(=O)N(C)C)c1csc2ccccc12)=C/C(=O)OCC. The van der Waals surface area contributed by atoms with Gasteiger partial charge in [0.1, 0.15) is 5.76 Å². The van der Waals surface area contributed by atoms with Crippen LogP contribution in [-0.4, -0.2) is 37.7 Å². The van der Waals surface area contributed by atoms with Gasteiger partial charge in [-0.25, -0.2) is 9.59 Å². The molecule has 0 bridgehead atoms. The van der Waals surface area contributed by atoms with Gasteiger partial charge in [0.25, 0.3) is 0 Å². The van der Waals surface area contributed by atoms with Crippen molar-refractivity contribution < 1.29 is 19.1 Å². The molecule has 1 aromatic heterocycles. The van der Waals surface area contributed by atoms with E-state index in [2.05, 4.69) is 6.58 Å². The number of ether oxygens (including phenoxy) is 2. The first-order chi connectivity index (χ1) is 12.8. The molecule has 2 rings (SSSR count). The van der Waals surface area contributed by atoms with Crippen molar-refractivity contribution >= 4 is 39.2 Å². The van der Waals surface area contributed by atoms with Gasteiger partial charge in [-0.15, -0.1) is 11.3 Å². The molecule has 142 valence electrons. The zero-order chi connectivity index (χ0) is 20.0. The molecule has 0 aliphatic rings. The van der Waals surface area contributed by atoms with Gasteiger partial charge in [0.05, 0.1) is 6.61 Å². The molecule has 0 spiro atoms. The number of benzene rings is 1. The summed E-state index contributed by atoms with van der Waals surface area (Å²) in [5.41, 5.74) is 1.97. The molecule has 0 saturated heterocycles. The van der Waals surface area contributed by atoms with Gasteiger partial charge >= 0.3 is 12.1 Å². The van der Waals surface area contributed by atoms with Crippen molar-refractivity contribution in [2.24, 2.45) is 0 Å². The highest BCUT2D eigenvalue weighted by Crippen LogP contribution is 2.33. The van der Waals surface area contributed by atoms with E-state index in [-0.39, 0.29) is 6.61 Å². The van der Waals surface area contributed by atoms with Gasteiger partial charge in [-0.3, -0.25) is 0 Å². The Morgan fingerprint density at radius 1 is 1.22 bits per heavy atom. The molecule has 0 N–H and O–H groups in total. The molecule has 1 amide bonds. The Morgan fingerprint density at radius 2 is 1.93 bits per heavy atom. The Morgan fingerprint density at radius 3 is 2.56 bits per heavy atom. The highest BCUT2D eigenvalue weighted by Gasteiger charge is 2.16. The van der Waals surface area contributed by atoms with Crippen molar-refractivity contribution in [3.63, 3.8) is 0 Å². The summed E-state index contributed by atoms with van der Waals surface area (Å²) in [6, 6.07) is 7.85. The lowest BCUT2D eigenvalue weighted by Crippen LogP contribution is -2.22. The highest BCUT2D eigenvalue weighted by molar-refractivity contribution is 7.17. The Balaban J connectivity index is 2.57. The van der Waals surface area contributed by atoms with Crippen LogP contribution in [0.15, 0.2) is 59.5 Å². The van der Waals surface area contributed by atoms with E-state index >= 15 is 0 Å². The molecule has 1 heterocycles. The van der Waals surface area contributed by atoms with Crippen LogP contribution in [0.25, 0.3) is 15.8 Å². The number of rotatable bonds is 6. The average Bonchev–Trinajstić information content (AvgIpc) is 3.04. The van der Waals surface area contributed by atoms with Crippen LogP contribution in [0.3, 0.4) is 0 Å². The summed E-state index contributed by atoms with van der Waals surface area (Å²) in [4.78, 5) is 25.4. The molecule has 0 aliphatic heterocycles. The van der Waals surface area contributed by atoms with Crippen molar-refractivity contribution in [2.45, 2.75) is 13.8 Å². The molecule has 2 aromatic rings. The molecular formula is C21H23NO4S. The van der Waals surface area contributed by atoms with Crippen LogP contribution in [-0.2, 0) is 14.3 Å². The molecule has 0 atom stereocenters. The van der Waals surface area contributed by atoms with E-state index in [9.17, 15) is 9.59 Å². The van der Waals surface area contributed by atoms with Crippen LogP contribution in [0.5, 0.6) is 0 Å². The number of hydrogen-bond donors (Lipinski definition) is 0. The summed E-state index contributed by atoms with van der Waals surface area (Å²) in [6.45, 7) is 7.70. The topological polar surface area (TPSA) is 55.8 Å². The summed E-state index contributed by atoms with van der Waals surface area (Å²) < 4.78 is 11.7. The quantitative estimate of drug-likeness (QED) is 0.304. The minimum atomic E-state index is -0.506. The maximum Gasteiger partial charge on any atom is 0.414 e. The Kier molecular flexibility index (Phi) is 6.96. The van der Waals surface area contributed by atoms with Crippen LogP contribution in [0.1, 0.15) is 19.4 Å². The van der Waals surface area contributed by atoms with E-state index in [1.807, 2.05) is 29.6 Å². The van der Waals surface area contributed by atoms with Gasteiger partial charge in [-0.1, -0.05) is 30.4 Å². The van der Waals surface area contributed by atoms with E-state index in [0.717, 1.165) is 15.6 Å². The van der Waals surface area contributed by atoms with Crippen molar-refractivity contribution in [3.05, 3.63) is 65.1 Å².